The highest BCUT2D eigenvalue weighted by Crippen LogP contribution is 2.63. The molecule has 0 amide bonds. The van der Waals surface area contributed by atoms with Crippen molar-refractivity contribution < 1.29 is 15.0 Å². The van der Waals surface area contributed by atoms with Gasteiger partial charge in [-0.15, -0.1) is 0 Å². The Morgan fingerprint density at radius 2 is 1.93 bits per heavy atom. The number of aliphatic hydroxyl groups is 2. The van der Waals surface area contributed by atoms with E-state index in [1.807, 2.05) is 25.9 Å². The zero-order valence-corrected chi connectivity index (χ0v) is 16.9. The van der Waals surface area contributed by atoms with E-state index in [0.29, 0.717) is 12.3 Å². The monoisotopic (exact) mass is 375 g/mol. The molecule has 0 aromatic carbocycles. The quantitative estimate of drug-likeness (QED) is 0.365. The number of fused-ring (bicyclic) bond motifs is 5. The third kappa shape index (κ3) is 2.36. The molecule has 0 bridgehead atoms. The first-order chi connectivity index (χ1) is 12.7. The maximum Gasteiger partial charge on any atom is 0.138 e. The molecule has 3 saturated carbocycles. The summed E-state index contributed by atoms with van der Waals surface area (Å²) >= 11 is 0. The van der Waals surface area contributed by atoms with Crippen molar-refractivity contribution in [2.24, 2.45) is 39.5 Å². The minimum atomic E-state index is -0.935. The highest BCUT2D eigenvalue weighted by molar-refractivity contribution is 5.98. The lowest BCUT2D eigenvalue weighted by Gasteiger charge is -2.59. The summed E-state index contributed by atoms with van der Waals surface area (Å²) in [5, 5.41) is 26.1. The van der Waals surface area contributed by atoms with E-state index >= 15 is 0 Å². The van der Waals surface area contributed by atoms with Crippen LogP contribution in [0.2, 0.25) is 0 Å². The van der Waals surface area contributed by atoms with Gasteiger partial charge >= 0.3 is 0 Å². The summed E-state index contributed by atoms with van der Waals surface area (Å²) in [6.45, 7) is 4.15. The number of nitrogens with zero attached hydrogens (tertiary/aromatic N) is 2. The number of ketones is 1. The normalized spacial score (nSPS) is 51.0. The Morgan fingerprint density at radius 1 is 1.22 bits per heavy atom. The maximum absolute atomic E-state index is 13.4. The van der Waals surface area contributed by atoms with Gasteiger partial charge in [0, 0.05) is 28.9 Å². The third-order valence-corrected chi connectivity index (χ3v) is 8.50. The van der Waals surface area contributed by atoms with Gasteiger partial charge in [0.15, 0.2) is 0 Å². The number of Topliss-reactive ketones (excluding diaryl/α,β-unsaturated/α-hetero) is 1. The van der Waals surface area contributed by atoms with Crippen LogP contribution in [0.1, 0.15) is 46.0 Å². The van der Waals surface area contributed by atoms with Gasteiger partial charge in [-0.25, -0.2) is 0 Å². The fourth-order valence-corrected chi connectivity index (χ4v) is 7.06. The van der Waals surface area contributed by atoms with E-state index in [0.717, 1.165) is 37.0 Å². The topological polar surface area (TPSA) is 99.2 Å². The van der Waals surface area contributed by atoms with E-state index in [2.05, 4.69) is 18.1 Å². The fraction of sp³-hybridized carbons (Fsp3) is 0.810. The molecule has 4 rings (SSSR count). The Hall–Kier alpha value is -1.24. The van der Waals surface area contributed by atoms with Gasteiger partial charge in [-0.2, -0.15) is 5.10 Å². The second kappa shape index (κ2) is 6.13. The summed E-state index contributed by atoms with van der Waals surface area (Å²) < 4.78 is 0. The first kappa shape index (κ1) is 19.1. The van der Waals surface area contributed by atoms with Crippen LogP contribution in [-0.4, -0.2) is 59.0 Å². The predicted molar refractivity (Wildman–Crippen MR) is 104 cm³/mol. The van der Waals surface area contributed by atoms with Crippen molar-refractivity contribution in [3.63, 3.8) is 0 Å². The van der Waals surface area contributed by atoms with Crippen molar-refractivity contribution in [3.05, 3.63) is 11.6 Å². The highest BCUT2D eigenvalue weighted by atomic mass is 16.3. The maximum atomic E-state index is 13.4. The molecule has 0 saturated heterocycles. The minimum Gasteiger partial charge on any atom is -0.389 e. The molecule has 27 heavy (non-hydrogen) atoms. The number of carbonyl (C=O) groups is 1. The van der Waals surface area contributed by atoms with E-state index in [1.54, 1.807) is 0 Å². The molecule has 0 radical (unpaired) electrons. The minimum absolute atomic E-state index is 0.199. The molecule has 6 nitrogen and oxygen atoms in total. The van der Waals surface area contributed by atoms with Crippen LogP contribution in [0.5, 0.6) is 0 Å². The number of hydrogen-bond donors (Lipinski definition) is 3. The Balaban J connectivity index is 1.77. The van der Waals surface area contributed by atoms with Crippen LogP contribution in [0.3, 0.4) is 0 Å². The first-order valence-corrected chi connectivity index (χ1v) is 10.2. The average Bonchev–Trinajstić information content (AvgIpc) is 2.94. The molecule has 8 atom stereocenters. The molecule has 6 heteroatoms. The number of likely N-dealkylation sites (N-methyl/N-ethyl adjacent to an activating group) is 1. The first-order valence-electron chi connectivity index (χ1n) is 10.2. The second-order valence-electron chi connectivity index (χ2n) is 9.83. The number of hydrazone groups is 1. The van der Waals surface area contributed by atoms with E-state index < -0.39 is 17.6 Å². The van der Waals surface area contributed by atoms with Gasteiger partial charge in [0.05, 0.1) is 18.2 Å². The lowest BCUT2D eigenvalue weighted by atomic mass is 9.46. The van der Waals surface area contributed by atoms with Gasteiger partial charge < -0.3 is 21.0 Å². The SMILES string of the molecule is CN(C)[C@H]1C=C2CC[C@H]3[C@@H]4CCC(=NN)[C@@]4(C)CC(=O)[C@@H]3[C@@]2(C)C(O)[C@@H]1O. The van der Waals surface area contributed by atoms with Crippen molar-refractivity contribution in [2.75, 3.05) is 14.1 Å². The molecule has 0 aromatic rings. The van der Waals surface area contributed by atoms with Gasteiger partial charge in [-0.3, -0.25) is 4.79 Å². The molecule has 4 aliphatic rings. The van der Waals surface area contributed by atoms with E-state index in [4.69, 9.17) is 5.84 Å². The molecule has 1 unspecified atom stereocenters. The predicted octanol–water partition coefficient (Wildman–Crippen LogP) is 1.31. The van der Waals surface area contributed by atoms with Gasteiger partial charge in [0.2, 0.25) is 0 Å². The van der Waals surface area contributed by atoms with Gasteiger partial charge in [0.1, 0.15) is 5.78 Å². The van der Waals surface area contributed by atoms with Crippen LogP contribution in [0.25, 0.3) is 0 Å². The Morgan fingerprint density at radius 3 is 2.56 bits per heavy atom. The van der Waals surface area contributed by atoms with E-state index in [-0.39, 0.29) is 29.1 Å². The zero-order valence-electron chi connectivity index (χ0n) is 16.9. The molecule has 0 aromatic heterocycles. The summed E-state index contributed by atoms with van der Waals surface area (Å²) in [6.07, 6.45) is 4.43. The number of nitrogens with two attached hydrogens (primary N) is 1. The van der Waals surface area contributed by atoms with Crippen LogP contribution in [0, 0.1) is 28.6 Å². The Bertz CT molecular complexity index is 717. The number of rotatable bonds is 1. The molecule has 0 aliphatic heterocycles. The lowest BCUT2D eigenvalue weighted by Crippen LogP contribution is -2.63. The van der Waals surface area contributed by atoms with Crippen molar-refractivity contribution in [2.45, 2.75) is 64.2 Å². The number of carbonyl (C=O) groups excluding carboxylic acids is 1. The summed E-state index contributed by atoms with van der Waals surface area (Å²) in [7, 11) is 3.82. The van der Waals surface area contributed by atoms with Crippen LogP contribution in [0.4, 0.5) is 0 Å². The van der Waals surface area contributed by atoms with Crippen molar-refractivity contribution >= 4 is 11.5 Å². The van der Waals surface area contributed by atoms with Gasteiger partial charge in [-0.05, 0) is 51.6 Å². The highest BCUT2D eigenvalue weighted by Gasteiger charge is 2.64. The van der Waals surface area contributed by atoms with Crippen LogP contribution in [0.15, 0.2) is 16.8 Å². The zero-order chi connectivity index (χ0) is 19.7. The second-order valence-corrected chi connectivity index (χ2v) is 9.83. The summed E-state index contributed by atoms with van der Waals surface area (Å²) in [5.41, 5.74) is 1.19. The van der Waals surface area contributed by atoms with Gasteiger partial charge in [-0.1, -0.05) is 25.5 Å². The summed E-state index contributed by atoms with van der Waals surface area (Å²) in [4.78, 5) is 15.4. The van der Waals surface area contributed by atoms with Crippen LogP contribution < -0.4 is 5.84 Å². The largest absolute Gasteiger partial charge is 0.389 e. The standard InChI is InChI=1S/C21H33N3O3/c1-20-10-15(25)17-12(13(20)7-8-16(20)23-22)6-5-11-9-14(24(3)4)18(26)19(27)21(11,17)2/h9,12-14,17-19,26-27H,5-8,10,22H2,1-4H3/t12-,13-,14-,17+,18+,19?,20-,21-/m0/s1. The lowest BCUT2D eigenvalue weighted by molar-refractivity contribution is -0.158. The molecule has 4 aliphatic carbocycles. The van der Waals surface area contributed by atoms with Crippen LogP contribution >= 0.6 is 0 Å². The van der Waals surface area contributed by atoms with Crippen molar-refractivity contribution in [3.8, 4) is 0 Å². The Kier molecular flexibility index (Phi) is 4.33. The molecule has 0 spiro atoms. The third-order valence-electron chi connectivity index (χ3n) is 8.50. The van der Waals surface area contributed by atoms with Gasteiger partial charge in [0.25, 0.3) is 0 Å². The summed E-state index contributed by atoms with van der Waals surface area (Å²) in [5.74, 6) is 6.20. The molecular formula is C21H33N3O3. The van der Waals surface area contributed by atoms with Crippen molar-refractivity contribution in [1.82, 2.24) is 4.90 Å². The van der Waals surface area contributed by atoms with Crippen LogP contribution in [-0.2, 0) is 4.79 Å². The number of aliphatic hydroxyl groups excluding tert-OH is 2. The summed E-state index contributed by atoms with van der Waals surface area (Å²) in [6, 6.07) is -0.217. The fourth-order valence-electron chi connectivity index (χ4n) is 7.06. The number of hydrogen-bond acceptors (Lipinski definition) is 6. The van der Waals surface area contributed by atoms with Crippen molar-refractivity contribution in [1.29, 1.82) is 0 Å². The molecule has 150 valence electrons. The van der Waals surface area contributed by atoms with E-state index in [1.165, 1.54) is 0 Å². The molecular weight excluding hydrogens is 342 g/mol. The molecule has 3 fully saturated rings. The van der Waals surface area contributed by atoms with E-state index in [9.17, 15) is 15.0 Å². The Labute approximate surface area is 161 Å². The average molecular weight is 376 g/mol. The molecule has 4 N–H and O–H groups in total. The molecule has 0 heterocycles. The smallest absolute Gasteiger partial charge is 0.138 e.